The largest absolute Gasteiger partial charge is 0.383 e. The maximum Gasteiger partial charge on any atom is 0.139 e. The first-order chi connectivity index (χ1) is 9.56. The second-order valence-electron chi connectivity index (χ2n) is 5.59. The van der Waals surface area contributed by atoms with E-state index in [1.54, 1.807) is 0 Å². The van der Waals surface area contributed by atoms with Crippen molar-refractivity contribution in [2.75, 3.05) is 11.1 Å². The standard InChI is InChI=1S/C16H20N4/c1-9-5-4-6-13(10(9)2)18-15-11(3)14(17)19-16(20-15)12-7-8-12/h4-6,12H,7-8H2,1-3H3,(H3,17,18,19,20). The van der Waals surface area contributed by atoms with Crippen LogP contribution in [0.25, 0.3) is 0 Å². The van der Waals surface area contributed by atoms with Crippen LogP contribution >= 0.6 is 0 Å². The van der Waals surface area contributed by atoms with Crippen molar-refractivity contribution in [3.8, 4) is 0 Å². The van der Waals surface area contributed by atoms with Crippen molar-refractivity contribution in [1.29, 1.82) is 0 Å². The van der Waals surface area contributed by atoms with Crippen molar-refractivity contribution in [2.24, 2.45) is 0 Å². The van der Waals surface area contributed by atoms with Gasteiger partial charge < -0.3 is 11.1 Å². The fraction of sp³-hybridized carbons (Fsp3) is 0.375. The Morgan fingerprint density at radius 1 is 1.10 bits per heavy atom. The molecular formula is C16H20N4. The van der Waals surface area contributed by atoms with Gasteiger partial charge in [-0.3, -0.25) is 0 Å². The van der Waals surface area contributed by atoms with E-state index >= 15 is 0 Å². The smallest absolute Gasteiger partial charge is 0.139 e. The van der Waals surface area contributed by atoms with Crippen LogP contribution in [0.1, 0.15) is 41.3 Å². The summed E-state index contributed by atoms with van der Waals surface area (Å²) in [4.78, 5) is 9.06. The first-order valence-electron chi connectivity index (χ1n) is 7.03. The molecule has 0 saturated heterocycles. The topological polar surface area (TPSA) is 63.8 Å². The molecule has 0 bridgehead atoms. The highest BCUT2D eigenvalue weighted by Gasteiger charge is 2.28. The molecule has 104 valence electrons. The van der Waals surface area contributed by atoms with E-state index in [2.05, 4.69) is 41.3 Å². The van der Waals surface area contributed by atoms with Gasteiger partial charge in [-0.25, -0.2) is 9.97 Å². The van der Waals surface area contributed by atoms with E-state index in [0.717, 1.165) is 22.9 Å². The first kappa shape index (κ1) is 12.9. The van der Waals surface area contributed by atoms with Crippen molar-refractivity contribution in [3.05, 3.63) is 40.7 Å². The molecule has 20 heavy (non-hydrogen) atoms. The maximum atomic E-state index is 6.02. The average Bonchev–Trinajstić information content (AvgIpc) is 3.24. The Morgan fingerprint density at radius 3 is 2.55 bits per heavy atom. The molecule has 0 spiro atoms. The number of nitrogens with two attached hydrogens (primary N) is 1. The average molecular weight is 268 g/mol. The van der Waals surface area contributed by atoms with Crippen LogP contribution in [0.2, 0.25) is 0 Å². The molecule has 3 N–H and O–H groups in total. The van der Waals surface area contributed by atoms with Crippen LogP contribution in [0, 0.1) is 20.8 Å². The van der Waals surface area contributed by atoms with Gasteiger partial charge in [0.15, 0.2) is 0 Å². The van der Waals surface area contributed by atoms with Gasteiger partial charge >= 0.3 is 0 Å². The molecule has 4 nitrogen and oxygen atoms in total. The molecule has 1 heterocycles. The highest BCUT2D eigenvalue weighted by molar-refractivity contribution is 5.67. The van der Waals surface area contributed by atoms with Crippen molar-refractivity contribution < 1.29 is 0 Å². The zero-order valence-electron chi connectivity index (χ0n) is 12.2. The van der Waals surface area contributed by atoms with Crippen LogP contribution < -0.4 is 11.1 Å². The lowest BCUT2D eigenvalue weighted by Crippen LogP contribution is -2.07. The van der Waals surface area contributed by atoms with Crippen LogP contribution in [-0.4, -0.2) is 9.97 Å². The SMILES string of the molecule is Cc1cccc(Nc2nc(C3CC3)nc(N)c2C)c1C. The second kappa shape index (κ2) is 4.78. The summed E-state index contributed by atoms with van der Waals surface area (Å²) in [5, 5.41) is 3.41. The lowest BCUT2D eigenvalue weighted by atomic mass is 10.1. The number of rotatable bonds is 3. The predicted molar refractivity (Wildman–Crippen MR) is 82.4 cm³/mol. The number of nitrogens with one attached hydrogen (secondary N) is 1. The first-order valence-corrected chi connectivity index (χ1v) is 7.03. The van der Waals surface area contributed by atoms with Crippen molar-refractivity contribution in [3.63, 3.8) is 0 Å². The minimum atomic E-state index is 0.497. The molecule has 0 aliphatic heterocycles. The van der Waals surface area contributed by atoms with E-state index < -0.39 is 0 Å². The van der Waals surface area contributed by atoms with Crippen LogP contribution in [-0.2, 0) is 0 Å². The number of aryl methyl sites for hydroxylation is 1. The Balaban J connectivity index is 1.99. The molecule has 0 unspecified atom stereocenters. The Morgan fingerprint density at radius 2 is 1.85 bits per heavy atom. The number of hydrogen-bond acceptors (Lipinski definition) is 4. The normalized spacial score (nSPS) is 14.3. The molecule has 0 amide bonds. The summed E-state index contributed by atoms with van der Waals surface area (Å²) in [7, 11) is 0. The molecule has 1 aliphatic carbocycles. The Labute approximate surface area is 119 Å². The number of hydrogen-bond donors (Lipinski definition) is 2. The summed E-state index contributed by atoms with van der Waals surface area (Å²) in [6.07, 6.45) is 2.34. The van der Waals surface area contributed by atoms with Gasteiger partial charge in [-0.1, -0.05) is 12.1 Å². The number of benzene rings is 1. The molecular weight excluding hydrogens is 248 g/mol. The molecule has 4 heteroatoms. The summed E-state index contributed by atoms with van der Waals surface area (Å²) < 4.78 is 0. The van der Waals surface area contributed by atoms with Crippen LogP contribution in [0.15, 0.2) is 18.2 Å². The number of aromatic nitrogens is 2. The van der Waals surface area contributed by atoms with E-state index in [1.165, 1.54) is 24.0 Å². The number of anilines is 3. The van der Waals surface area contributed by atoms with Gasteiger partial charge in [0, 0.05) is 17.2 Å². The van der Waals surface area contributed by atoms with E-state index in [1.807, 2.05) is 13.0 Å². The summed E-state index contributed by atoms with van der Waals surface area (Å²) in [5.74, 6) is 2.78. The lowest BCUT2D eigenvalue weighted by Gasteiger charge is -2.14. The molecule has 0 atom stereocenters. The van der Waals surface area contributed by atoms with Gasteiger partial charge in [0.2, 0.25) is 0 Å². The molecule has 1 aliphatic rings. The summed E-state index contributed by atoms with van der Waals surface area (Å²) in [6, 6.07) is 6.22. The van der Waals surface area contributed by atoms with Gasteiger partial charge in [0.05, 0.1) is 0 Å². The quantitative estimate of drug-likeness (QED) is 0.892. The Hall–Kier alpha value is -2.10. The van der Waals surface area contributed by atoms with Gasteiger partial charge in [0.1, 0.15) is 17.5 Å². The summed E-state index contributed by atoms with van der Waals surface area (Å²) in [6.45, 7) is 6.18. The van der Waals surface area contributed by atoms with Crippen molar-refractivity contribution >= 4 is 17.3 Å². The predicted octanol–water partition coefficient (Wildman–Crippen LogP) is 3.61. The lowest BCUT2D eigenvalue weighted by molar-refractivity contribution is 0.927. The minimum absolute atomic E-state index is 0.497. The van der Waals surface area contributed by atoms with Gasteiger partial charge in [0.25, 0.3) is 0 Å². The summed E-state index contributed by atoms with van der Waals surface area (Å²) in [5.41, 5.74) is 10.5. The van der Waals surface area contributed by atoms with Crippen molar-refractivity contribution in [2.45, 2.75) is 39.5 Å². The molecule has 2 aromatic rings. The van der Waals surface area contributed by atoms with Gasteiger partial charge in [-0.15, -0.1) is 0 Å². The monoisotopic (exact) mass is 268 g/mol. The summed E-state index contributed by atoms with van der Waals surface area (Å²) >= 11 is 0. The van der Waals surface area contributed by atoms with E-state index in [-0.39, 0.29) is 0 Å². The van der Waals surface area contributed by atoms with Crippen LogP contribution in [0.4, 0.5) is 17.3 Å². The third-order valence-corrected chi connectivity index (χ3v) is 4.00. The van der Waals surface area contributed by atoms with Gasteiger partial charge in [-0.2, -0.15) is 0 Å². The van der Waals surface area contributed by atoms with Gasteiger partial charge in [-0.05, 0) is 50.8 Å². The second-order valence-corrected chi connectivity index (χ2v) is 5.59. The number of nitrogens with zero attached hydrogens (tertiary/aromatic N) is 2. The third kappa shape index (κ3) is 2.33. The van der Waals surface area contributed by atoms with Crippen LogP contribution in [0.3, 0.4) is 0 Å². The van der Waals surface area contributed by atoms with Crippen LogP contribution in [0.5, 0.6) is 0 Å². The van der Waals surface area contributed by atoms with E-state index in [9.17, 15) is 0 Å². The highest BCUT2D eigenvalue weighted by atomic mass is 15.1. The zero-order valence-corrected chi connectivity index (χ0v) is 12.2. The minimum Gasteiger partial charge on any atom is -0.383 e. The molecule has 3 rings (SSSR count). The highest BCUT2D eigenvalue weighted by Crippen LogP contribution is 2.39. The Bertz CT molecular complexity index is 660. The molecule has 1 aromatic carbocycles. The third-order valence-electron chi connectivity index (χ3n) is 4.00. The van der Waals surface area contributed by atoms with Crippen molar-refractivity contribution in [1.82, 2.24) is 9.97 Å². The van der Waals surface area contributed by atoms with E-state index in [0.29, 0.717) is 11.7 Å². The Kier molecular flexibility index (Phi) is 3.08. The number of nitrogen functional groups attached to an aromatic ring is 1. The fourth-order valence-corrected chi connectivity index (χ4v) is 2.21. The maximum absolute atomic E-state index is 6.02. The zero-order chi connectivity index (χ0) is 14.3. The molecule has 0 radical (unpaired) electrons. The molecule has 1 fully saturated rings. The van der Waals surface area contributed by atoms with E-state index in [4.69, 9.17) is 5.73 Å². The molecule has 1 aromatic heterocycles. The fourth-order valence-electron chi connectivity index (χ4n) is 2.21. The molecule has 1 saturated carbocycles.